The number of ether oxygens (including phenoxy) is 2. The first-order valence-electron chi connectivity index (χ1n) is 6.46. The molecule has 1 saturated carbocycles. The molecule has 0 spiro atoms. The van der Waals surface area contributed by atoms with Crippen LogP contribution in [0.3, 0.4) is 0 Å². The highest BCUT2D eigenvalue weighted by atomic mass is 35.5. The summed E-state index contributed by atoms with van der Waals surface area (Å²) in [6.45, 7) is 1.72. The molecule has 5 heteroatoms. The Kier molecular flexibility index (Phi) is 3.27. The van der Waals surface area contributed by atoms with Crippen molar-refractivity contribution in [3.05, 3.63) is 23.8 Å². The molecule has 0 radical (unpaired) electrons. The van der Waals surface area contributed by atoms with Crippen LogP contribution in [0.15, 0.2) is 18.2 Å². The molecule has 102 valence electrons. The molecule has 0 saturated heterocycles. The maximum atomic E-state index is 12.1. The maximum absolute atomic E-state index is 12.1. The number of nitrogens with one attached hydrogen (secondary N) is 1. The molecule has 4 nitrogen and oxygen atoms in total. The van der Waals surface area contributed by atoms with E-state index in [0.29, 0.717) is 42.7 Å². The van der Waals surface area contributed by atoms with Gasteiger partial charge in [-0.15, -0.1) is 11.6 Å². The molecule has 1 amide bonds. The molecule has 0 unspecified atom stereocenters. The molecule has 19 heavy (non-hydrogen) atoms. The second kappa shape index (κ2) is 4.93. The monoisotopic (exact) mass is 281 g/mol. The summed E-state index contributed by atoms with van der Waals surface area (Å²) >= 11 is 5.89. The Morgan fingerprint density at radius 1 is 1.26 bits per heavy atom. The van der Waals surface area contributed by atoms with E-state index in [1.807, 2.05) is 0 Å². The Balaban J connectivity index is 1.66. The summed E-state index contributed by atoms with van der Waals surface area (Å²) in [5.74, 6) is 1.85. The Morgan fingerprint density at radius 2 is 2.00 bits per heavy atom. The van der Waals surface area contributed by atoms with Crippen LogP contribution >= 0.6 is 11.6 Å². The third kappa shape index (κ3) is 2.63. The Labute approximate surface area is 117 Å². The van der Waals surface area contributed by atoms with Crippen LogP contribution in [-0.4, -0.2) is 31.5 Å². The third-order valence-electron chi connectivity index (χ3n) is 3.67. The van der Waals surface area contributed by atoms with Gasteiger partial charge in [-0.05, 0) is 31.0 Å². The van der Waals surface area contributed by atoms with Crippen molar-refractivity contribution >= 4 is 17.5 Å². The highest BCUT2D eigenvalue weighted by Gasteiger charge is 2.41. The van der Waals surface area contributed by atoms with Crippen molar-refractivity contribution in [1.29, 1.82) is 0 Å². The van der Waals surface area contributed by atoms with Crippen LogP contribution in [-0.2, 0) is 0 Å². The minimum Gasteiger partial charge on any atom is -0.486 e. The van der Waals surface area contributed by atoms with E-state index in [2.05, 4.69) is 5.32 Å². The summed E-state index contributed by atoms with van der Waals surface area (Å²) in [7, 11) is 0. The van der Waals surface area contributed by atoms with Crippen molar-refractivity contribution in [3.8, 4) is 11.5 Å². The van der Waals surface area contributed by atoms with Gasteiger partial charge in [0, 0.05) is 23.4 Å². The van der Waals surface area contributed by atoms with E-state index in [9.17, 15) is 4.79 Å². The van der Waals surface area contributed by atoms with Gasteiger partial charge in [0.05, 0.1) is 0 Å². The fraction of sp³-hybridized carbons (Fsp3) is 0.500. The molecular weight excluding hydrogens is 266 g/mol. The van der Waals surface area contributed by atoms with Crippen molar-refractivity contribution in [3.63, 3.8) is 0 Å². The van der Waals surface area contributed by atoms with Crippen LogP contribution in [0.1, 0.15) is 23.2 Å². The molecule has 1 fully saturated rings. The average molecular weight is 282 g/mol. The van der Waals surface area contributed by atoms with Crippen LogP contribution in [0.2, 0.25) is 0 Å². The summed E-state index contributed by atoms with van der Waals surface area (Å²) in [5.41, 5.74) is 0.722. The van der Waals surface area contributed by atoms with Crippen LogP contribution in [0.5, 0.6) is 11.5 Å². The lowest BCUT2D eigenvalue weighted by atomic mass is 10.1. The number of benzene rings is 1. The number of carbonyl (C=O) groups is 1. The lowest BCUT2D eigenvalue weighted by Crippen LogP contribution is -2.31. The van der Waals surface area contributed by atoms with Crippen LogP contribution < -0.4 is 14.8 Å². The normalized spacial score (nSPS) is 18.8. The summed E-state index contributed by atoms with van der Waals surface area (Å²) in [5, 5.41) is 2.94. The lowest BCUT2D eigenvalue weighted by Gasteiger charge is -2.19. The van der Waals surface area contributed by atoms with Crippen LogP contribution in [0, 0.1) is 5.41 Å². The van der Waals surface area contributed by atoms with E-state index >= 15 is 0 Å². The first-order chi connectivity index (χ1) is 9.22. The van der Waals surface area contributed by atoms with Gasteiger partial charge >= 0.3 is 0 Å². The van der Waals surface area contributed by atoms with E-state index in [1.54, 1.807) is 18.2 Å². The van der Waals surface area contributed by atoms with Gasteiger partial charge in [-0.1, -0.05) is 0 Å². The molecule has 2 aliphatic rings. The van der Waals surface area contributed by atoms with Gasteiger partial charge in [-0.3, -0.25) is 4.79 Å². The molecular formula is C14H16ClNO3. The highest BCUT2D eigenvalue weighted by molar-refractivity contribution is 6.18. The number of halogens is 1. The van der Waals surface area contributed by atoms with Crippen molar-refractivity contribution in [2.75, 3.05) is 25.6 Å². The van der Waals surface area contributed by atoms with Gasteiger partial charge in [-0.25, -0.2) is 0 Å². The molecule has 0 atom stereocenters. The number of hydrogen-bond acceptors (Lipinski definition) is 3. The second-order valence-electron chi connectivity index (χ2n) is 5.17. The van der Waals surface area contributed by atoms with E-state index in [4.69, 9.17) is 21.1 Å². The summed E-state index contributed by atoms with van der Waals surface area (Å²) in [6.07, 6.45) is 2.19. The number of hydrogen-bond donors (Lipinski definition) is 1. The molecule has 1 N–H and O–H groups in total. The molecule has 3 rings (SSSR count). The minimum atomic E-state index is -0.0895. The standard InChI is InChI=1S/C14H16ClNO3/c15-8-14(3-4-14)9-16-13(17)10-1-2-11-12(7-10)19-6-5-18-11/h1-2,7H,3-6,8-9H2,(H,16,17). The predicted octanol–water partition coefficient (Wildman–Crippen LogP) is 2.21. The fourth-order valence-corrected chi connectivity index (χ4v) is 2.45. The van der Waals surface area contributed by atoms with E-state index in [0.717, 1.165) is 12.8 Å². The zero-order valence-electron chi connectivity index (χ0n) is 10.6. The number of fused-ring (bicyclic) bond motifs is 1. The fourth-order valence-electron chi connectivity index (χ4n) is 2.09. The quantitative estimate of drug-likeness (QED) is 0.861. The Bertz CT molecular complexity index is 499. The highest BCUT2D eigenvalue weighted by Crippen LogP contribution is 2.45. The van der Waals surface area contributed by atoms with Crippen molar-refractivity contribution in [1.82, 2.24) is 5.32 Å². The molecule has 1 aromatic rings. The molecule has 0 bridgehead atoms. The molecule has 1 heterocycles. The van der Waals surface area contributed by atoms with Crippen LogP contribution in [0.4, 0.5) is 0 Å². The zero-order valence-corrected chi connectivity index (χ0v) is 11.3. The largest absolute Gasteiger partial charge is 0.486 e. The number of rotatable bonds is 4. The van der Waals surface area contributed by atoms with Gasteiger partial charge in [0.15, 0.2) is 11.5 Å². The maximum Gasteiger partial charge on any atom is 0.251 e. The zero-order chi connectivity index (χ0) is 13.3. The minimum absolute atomic E-state index is 0.0895. The smallest absolute Gasteiger partial charge is 0.251 e. The molecule has 1 aromatic carbocycles. The average Bonchev–Trinajstić information content (AvgIpc) is 3.25. The van der Waals surface area contributed by atoms with Gasteiger partial charge in [-0.2, -0.15) is 0 Å². The van der Waals surface area contributed by atoms with E-state index in [-0.39, 0.29) is 11.3 Å². The molecule has 1 aliphatic heterocycles. The first kappa shape index (κ1) is 12.6. The number of alkyl halides is 1. The van der Waals surface area contributed by atoms with Gasteiger partial charge in [0.1, 0.15) is 13.2 Å². The summed E-state index contributed by atoms with van der Waals surface area (Å²) in [4.78, 5) is 12.1. The van der Waals surface area contributed by atoms with Gasteiger partial charge < -0.3 is 14.8 Å². The molecule has 0 aromatic heterocycles. The van der Waals surface area contributed by atoms with Gasteiger partial charge in [0.25, 0.3) is 5.91 Å². The SMILES string of the molecule is O=C(NCC1(CCl)CC1)c1ccc2c(c1)OCCO2. The topological polar surface area (TPSA) is 47.6 Å². The van der Waals surface area contributed by atoms with Crippen molar-refractivity contribution < 1.29 is 14.3 Å². The third-order valence-corrected chi connectivity index (χ3v) is 4.24. The van der Waals surface area contributed by atoms with Gasteiger partial charge in [0.2, 0.25) is 0 Å². The Hall–Kier alpha value is -1.42. The van der Waals surface area contributed by atoms with Crippen molar-refractivity contribution in [2.45, 2.75) is 12.8 Å². The lowest BCUT2D eigenvalue weighted by molar-refractivity contribution is 0.0945. The summed E-state index contributed by atoms with van der Waals surface area (Å²) in [6, 6.07) is 5.26. The number of carbonyl (C=O) groups excluding carboxylic acids is 1. The number of amides is 1. The first-order valence-corrected chi connectivity index (χ1v) is 7.00. The van der Waals surface area contributed by atoms with Crippen LogP contribution in [0.25, 0.3) is 0 Å². The van der Waals surface area contributed by atoms with E-state index < -0.39 is 0 Å². The Morgan fingerprint density at radius 3 is 2.68 bits per heavy atom. The summed E-state index contributed by atoms with van der Waals surface area (Å²) < 4.78 is 10.9. The second-order valence-corrected chi connectivity index (χ2v) is 5.44. The van der Waals surface area contributed by atoms with E-state index in [1.165, 1.54) is 0 Å². The predicted molar refractivity (Wildman–Crippen MR) is 72.2 cm³/mol. The van der Waals surface area contributed by atoms with Crippen molar-refractivity contribution in [2.24, 2.45) is 5.41 Å². The molecule has 1 aliphatic carbocycles.